The minimum absolute atomic E-state index is 0.290. The van der Waals surface area contributed by atoms with Crippen molar-refractivity contribution in [1.82, 2.24) is 0 Å². The molecule has 0 saturated heterocycles. The van der Waals surface area contributed by atoms with E-state index in [1.807, 2.05) is 12.1 Å². The van der Waals surface area contributed by atoms with E-state index >= 15 is 0 Å². The van der Waals surface area contributed by atoms with Crippen molar-refractivity contribution in [2.24, 2.45) is 5.73 Å². The van der Waals surface area contributed by atoms with E-state index in [0.717, 1.165) is 12.2 Å². The predicted molar refractivity (Wildman–Crippen MR) is 61.0 cm³/mol. The number of aryl methyl sites for hydroxylation is 1. The largest absolute Gasteiger partial charge is 0.493 e. The highest BCUT2D eigenvalue weighted by molar-refractivity contribution is 5.27. The van der Waals surface area contributed by atoms with Crippen LogP contribution in [0.25, 0.3) is 0 Å². The SMILES string of the molecule is CCc1ccc(OCCC(O)CN)cc1. The van der Waals surface area contributed by atoms with Gasteiger partial charge in [0, 0.05) is 13.0 Å². The Balaban J connectivity index is 2.31. The van der Waals surface area contributed by atoms with Gasteiger partial charge in [0.15, 0.2) is 0 Å². The maximum atomic E-state index is 9.21. The fourth-order valence-corrected chi connectivity index (χ4v) is 1.25. The highest BCUT2D eigenvalue weighted by atomic mass is 16.5. The Bertz CT molecular complexity index is 271. The summed E-state index contributed by atoms with van der Waals surface area (Å²) in [5, 5.41) is 9.21. The summed E-state index contributed by atoms with van der Waals surface area (Å²) in [7, 11) is 0. The molecule has 15 heavy (non-hydrogen) atoms. The zero-order chi connectivity index (χ0) is 11.1. The molecule has 0 aliphatic rings. The number of hydrogen-bond donors (Lipinski definition) is 2. The molecule has 1 unspecified atom stereocenters. The third-order valence-corrected chi connectivity index (χ3v) is 2.32. The van der Waals surface area contributed by atoms with Crippen molar-refractivity contribution in [2.45, 2.75) is 25.9 Å². The second-order valence-electron chi connectivity index (χ2n) is 3.52. The summed E-state index contributed by atoms with van der Waals surface area (Å²) in [6.07, 6.45) is 1.15. The van der Waals surface area contributed by atoms with Gasteiger partial charge in [-0.2, -0.15) is 0 Å². The molecule has 0 radical (unpaired) electrons. The summed E-state index contributed by atoms with van der Waals surface area (Å²) in [5.41, 5.74) is 6.58. The van der Waals surface area contributed by atoms with E-state index in [-0.39, 0.29) is 6.54 Å². The molecule has 1 rings (SSSR count). The molecule has 0 fully saturated rings. The lowest BCUT2D eigenvalue weighted by Crippen LogP contribution is -2.21. The zero-order valence-electron chi connectivity index (χ0n) is 9.15. The molecule has 0 amide bonds. The first-order valence-corrected chi connectivity index (χ1v) is 5.36. The lowest BCUT2D eigenvalue weighted by molar-refractivity contribution is 0.146. The van der Waals surface area contributed by atoms with Crippen LogP contribution in [0.3, 0.4) is 0 Å². The van der Waals surface area contributed by atoms with Crippen LogP contribution in [0.5, 0.6) is 5.75 Å². The first kappa shape index (κ1) is 12.0. The lowest BCUT2D eigenvalue weighted by Gasteiger charge is -2.09. The fraction of sp³-hybridized carbons (Fsp3) is 0.500. The smallest absolute Gasteiger partial charge is 0.119 e. The average molecular weight is 209 g/mol. The molecule has 0 aromatic heterocycles. The molecular weight excluding hydrogens is 190 g/mol. The molecule has 0 aliphatic heterocycles. The second-order valence-corrected chi connectivity index (χ2v) is 3.52. The molecule has 1 atom stereocenters. The van der Waals surface area contributed by atoms with Gasteiger partial charge in [0.05, 0.1) is 12.7 Å². The van der Waals surface area contributed by atoms with Gasteiger partial charge in [-0.15, -0.1) is 0 Å². The van der Waals surface area contributed by atoms with E-state index in [2.05, 4.69) is 19.1 Å². The van der Waals surface area contributed by atoms with E-state index in [4.69, 9.17) is 10.5 Å². The van der Waals surface area contributed by atoms with Crippen molar-refractivity contribution in [3.05, 3.63) is 29.8 Å². The van der Waals surface area contributed by atoms with Gasteiger partial charge in [-0.05, 0) is 24.1 Å². The summed E-state index contributed by atoms with van der Waals surface area (Å²) < 4.78 is 5.46. The zero-order valence-corrected chi connectivity index (χ0v) is 9.15. The maximum absolute atomic E-state index is 9.21. The molecule has 0 saturated carbocycles. The maximum Gasteiger partial charge on any atom is 0.119 e. The second kappa shape index (κ2) is 6.43. The molecule has 3 nitrogen and oxygen atoms in total. The number of rotatable bonds is 6. The topological polar surface area (TPSA) is 55.5 Å². The number of aliphatic hydroxyl groups excluding tert-OH is 1. The molecular formula is C12H19NO2. The molecule has 0 bridgehead atoms. The van der Waals surface area contributed by atoms with E-state index in [1.54, 1.807) is 0 Å². The Morgan fingerprint density at radius 1 is 1.33 bits per heavy atom. The minimum atomic E-state index is -0.458. The highest BCUT2D eigenvalue weighted by Crippen LogP contribution is 2.12. The highest BCUT2D eigenvalue weighted by Gasteiger charge is 2.01. The number of hydrogen-bond acceptors (Lipinski definition) is 3. The van der Waals surface area contributed by atoms with Gasteiger partial charge in [-0.1, -0.05) is 19.1 Å². The summed E-state index contributed by atoms with van der Waals surface area (Å²) in [6, 6.07) is 8.00. The number of nitrogens with two attached hydrogens (primary N) is 1. The van der Waals surface area contributed by atoms with Gasteiger partial charge in [-0.3, -0.25) is 0 Å². The van der Waals surface area contributed by atoms with Crippen LogP contribution in [0, 0.1) is 0 Å². The molecule has 0 spiro atoms. The van der Waals surface area contributed by atoms with Crippen LogP contribution in [0.15, 0.2) is 24.3 Å². The fourth-order valence-electron chi connectivity index (χ4n) is 1.25. The molecule has 3 N–H and O–H groups in total. The number of ether oxygens (including phenoxy) is 1. The van der Waals surface area contributed by atoms with Crippen LogP contribution < -0.4 is 10.5 Å². The van der Waals surface area contributed by atoms with Crippen LogP contribution in [-0.2, 0) is 6.42 Å². The van der Waals surface area contributed by atoms with Gasteiger partial charge in [-0.25, -0.2) is 0 Å². The first-order valence-electron chi connectivity index (χ1n) is 5.36. The van der Waals surface area contributed by atoms with Crippen LogP contribution in [0.2, 0.25) is 0 Å². The minimum Gasteiger partial charge on any atom is -0.493 e. The predicted octanol–water partition coefficient (Wildman–Crippen LogP) is 1.34. The lowest BCUT2D eigenvalue weighted by atomic mass is 10.2. The molecule has 1 aromatic rings. The molecule has 3 heteroatoms. The Morgan fingerprint density at radius 2 is 2.00 bits per heavy atom. The summed E-state index contributed by atoms with van der Waals surface area (Å²) in [5.74, 6) is 0.844. The van der Waals surface area contributed by atoms with Crippen molar-refractivity contribution in [2.75, 3.05) is 13.2 Å². The van der Waals surface area contributed by atoms with Gasteiger partial charge < -0.3 is 15.6 Å². The van der Waals surface area contributed by atoms with E-state index in [0.29, 0.717) is 13.0 Å². The number of aliphatic hydroxyl groups is 1. The van der Waals surface area contributed by atoms with Gasteiger partial charge in [0.1, 0.15) is 5.75 Å². The molecule has 84 valence electrons. The van der Waals surface area contributed by atoms with Crippen LogP contribution in [0.4, 0.5) is 0 Å². The van der Waals surface area contributed by atoms with E-state index < -0.39 is 6.10 Å². The standard InChI is InChI=1S/C12H19NO2/c1-2-10-3-5-12(6-4-10)15-8-7-11(14)9-13/h3-6,11,14H,2,7-9,13H2,1H3. The van der Waals surface area contributed by atoms with Crippen molar-refractivity contribution in [3.8, 4) is 5.75 Å². The van der Waals surface area contributed by atoms with Crippen molar-refractivity contribution in [3.63, 3.8) is 0 Å². The Kier molecular flexibility index (Phi) is 5.15. The normalized spacial score (nSPS) is 12.5. The molecule has 1 aromatic carbocycles. The van der Waals surface area contributed by atoms with Gasteiger partial charge >= 0.3 is 0 Å². The summed E-state index contributed by atoms with van der Waals surface area (Å²) in [4.78, 5) is 0. The van der Waals surface area contributed by atoms with Gasteiger partial charge in [0.2, 0.25) is 0 Å². The molecule has 0 heterocycles. The Hall–Kier alpha value is -1.06. The van der Waals surface area contributed by atoms with Crippen LogP contribution in [0.1, 0.15) is 18.9 Å². The summed E-state index contributed by atoms with van der Waals surface area (Å²) in [6.45, 7) is 2.91. The molecule has 0 aliphatic carbocycles. The number of benzene rings is 1. The Morgan fingerprint density at radius 3 is 2.53 bits per heavy atom. The van der Waals surface area contributed by atoms with Crippen molar-refractivity contribution >= 4 is 0 Å². The van der Waals surface area contributed by atoms with Gasteiger partial charge in [0.25, 0.3) is 0 Å². The van der Waals surface area contributed by atoms with Crippen LogP contribution in [-0.4, -0.2) is 24.4 Å². The van der Waals surface area contributed by atoms with Crippen molar-refractivity contribution in [1.29, 1.82) is 0 Å². The third kappa shape index (κ3) is 4.32. The average Bonchev–Trinajstić information content (AvgIpc) is 2.29. The monoisotopic (exact) mass is 209 g/mol. The summed E-state index contributed by atoms with van der Waals surface area (Å²) >= 11 is 0. The van der Waals surface area contributed by atoms with Crippen molar-refractivity contribution < 1.29 is 9.84 Å². The first-order chi connectivity index (χ1) is 7.26. The van der Waals surface area contributed by atoms with Crippen LogP contribution >= 0.6 is 0 Å². The van der Waals surface area contributed by atoms with E-state index in [1.165, 1.54) is 5.56 Å². The quantitative estimate of drug-likeness (QED) is 0.743. The third-order valence-electron chi connectivity index (χ3n) is 2.32. The van der Waals surface area contributed by atoms with E-state index in [9.17, 15) is 5.11 Å². The Labute approximate surface area is 90.9 Å².